The van der Waals surface area contributed by atoms with Gasteiger partial charge in [-0.15, -0.1) is 0 Å². The van der Waals surface area contributed by atoms with Crippen molar-refractivity contribution in [3.8, 4) is 0 Å². The van der Waals surface area contributed by atoms with E-state index in [2.05, 4.69) is 5.32 Å². The van der Waals surface area contributed by atoms with Gasteiger partial charge in [0.05, 0.1) is 11.1 Å². The molecule has 1 heterocycles. The summed E-state index contributed by atoms with van der Waals surface area (Å²) in [5.74, 6) is -2.16. The maximum Gasteiger partial charge on any atom is 0.339 e. The van der Waals surface area contributed by atoms with Crippen LogP contribution in [0, 0.1) is 0 Å². The fourth-order valence-electron chi connectivity index (χ4n) is 2.64. The third kappa shape index (κ3) is 3.34. The van der Waals surface area contributed by atoms with Gasteiger partial charge in [0.25, 0.3) is 5.91 Å². The number of hydrogen-bond donors (Lipinski definition) is 2. The summed E-state index contributed by atoms with van der Waals surface area (Å²) in [6.07, 6.45) is 0.213. The number of esters is 1. The largest absolute Gasteiger partial charge is 0.478 e. The van der Waals surface area contributed by atoms with E-state index in [0.29, 0.717) is 21.8 Å². The normalized spacial score (nSPS) is 18.9. The Morgan fingerprint density at radius 3 is 2.52 bits per heavy atom. The SMILES string of the molecule is C[C@]1(C(=O)Nc2ccc(C(=O)O)cc2)Cc2ccc(Cl)cc2C(=O)O1. The molecule has 25 heavy (non-hydrogen) atoms. The maximum atomic E-state index is 12.6. The number of anilines is 1. The Labute approximate surface area is 148 Å². The van der Waals surface area contributed by atoms with Crippen LogP contribution < -0.4 is 5.32 Å². The first-order valence-electron chi connectivity index (χ1n) is 7.45. The lowest BCUT2D eigenvalue weighted by Gasteiger charge is -2.33. The summed E-state index contributed by atoms with van der Waals surface area (Å²) in [6, 6.07) is 10.6. The van der Waals surface area contributed by atoms with Gasteiger partial charge < -0.3 is 15.2 Å². The Morgan fingerprint density at radius 2 is 1.88 bits per heavy atom. The molecule has 0 aromatic heterocycles. The van der Waals surface area contributed by atoms with E-state index in [1.807, 2.05) is 0 Å². The third-order valence-corrected chi connectivity index (χ3v) is 4.24. The van der Waals surface area contributed by atoms with Crippen molar-refractivity contribution in [2.24, 2.45) is 0 Å². The van der Waals surface area contributed by atoms with Gasteiger partial charge >= 0.3 is 11.9 Å². The topological polar surface area (TPSA) is 92.7 Å². The van der Waals surface area contributed by atoms with Crippen LogP contribution >= 0.6 is 11.6 Å². The maximum absolute atomic E-state index is 12.6. The predicted molar refractivity (Wildman–Crippen MR) is 91.0 cm³/mol. The lowest BCUT2D eigenvalue weighted by molar-refractivity contribution is -0.134. The smallest absolute Gasteiger partial charge is 0.339 e. The Morgan fingerprint density at radius 1 is 1.20 bits per heavy atom. The predicted octanol–water partition coefficient (Wildman–Crippen LogP) is 3.15. The highest BCUT2D eigenvalue weighted by Gasteiger charge is 2.42. The molecule has 0 fully saturated rings. The molecule has 0 unspecified atom stereocenters. The zero-order valence-electron chi connectivity index (χ0n) is 13.2. The number of nitrogens with one attached hydrogen (secondary N) is 1. The molecule has 1 amide bonds. The van der Waals surface area contributed by atoms with Gasteiger partial charge in [-0.3, -0.25) is 4.79 Å². The van der Waals surface area contributed by atoms with Crippen molar-refractivity contribution in [2.75, 3.05) is 5.32 Å². The average Bonchev–Trinajstić information content (AvgIpc) is 2.56. The molecular formula is C18H14ClNO5. The van der Waals surface area contributed by atoms with Crippen molar-refractivity contribution in [1.82, 2.24) is 0 Å². The molecule has 0 spiro atoms. The quantitative estimate of drug-likeness (QED) is 0.821. The molecule has 0 radical (unpaired) electrons. The first kappa shape index (κ1) is 17.0. The molecule has 2 aromatic rings. The zero-order chi connectivity index (χ0) is 18.2. The molecule has 2 N–H and O–H groups in total. The van der Waals surface area contributed by atoms with Crippen LogP contribution in [0.15, 0.2) is 42.5 Å². The molecule has 7 heteroatoms. The summed E-state index contributed by atoms with van der Waals surface area (Å²) >= 11 is 5.89. The molecule has 2 aromatic carbocycles. The first-order chi connectivity index (χ1) is 11.8. The van der Waals surface area contributed by atoms with Crippen molar-refractivity contribution in [3.63, 3.8) is 0 Å². The number of carboxylic acid groups (broad SMARTS) is 1. The van der Waals surface area contributed by atoms with E-state index in [-0.39, 0.29) is 12.0 Å². The average molecular weight is 360 g/mol. The van der Waals surface area contributed by atoms with E-state index in [1.54, 1.807) is 12.1 Å². The molecule has 3 rings (SSSR count). The molecule has 0 saturated heterocycles. The molecule has 0 bridgehead atoms. The van der Waals surface area contributed by atoms with Gasteiger partial charge in [-0.1, -0.05) is 17.7 Å². The zero-order valence-corrected chi connectivity index (χ0v) is 14.0. The monoisotopic (exact) mass is 359 g/mol. The first-order valence-corrected chi connectivity index (χ1v) is 7.83. The number of ether oxygens (including phenoxy) is 1. The van der Waals surface area contributed by atoms with Gasteiger partial charge in [-0.2, -0.15) is 0 Å². The highest BCUT2D eigenvalue weighted by molar-refractivity contribution is 6.31. The molecule has 0 saturated carbocycles. The minimum atomic E-state index is -1.37. The Hall–Kier alpha value is -2.86. The third-order valence-electron chi connectivity index (χ3n) is 4.01. The number of carboxylic acids is 1. The molecule has 128 valence electrons. The van der Waals surface area contributed by atoms with E-state index in [9.17, 15) is 14.4 Å². The van der Waals surface area contributed by atoms with E-state index < -0.39 is 23.4 Å². The number of carbonyl (C=O) groups excluding carboxylic acids is 2. The Balaban J connectivity index is 1.81. The van der Waals surface area contributed by atoms with Gasteiger partial charge in [-0.05, 0) is 48.9 Å². The number of cyclic esters (lactones) is 1. The fourth-order valence-corrected chi connectivity index (χ4v) is 2.81. The van der Waals surface area contributed by atoms with Crippen LogP contribution in [0.1, 0.15) is 33.2 Å². The van der Waals surface area contributed by atoms with Crippen LogP contribution in [0.4, 0.5) is 5.69 Å². The van der Waals surface area contributed by atoms with Crippen molar-refractivity contribution < 1.29 is 24.2 Å². The highest BCUT2D eigenvalue weighted by atomic mass is 35.5. The minimum Gasteiger partial charge on any atom is -0.478 e. The number of amides is 1. The van der Waals surface area contributed by atoms with Crippen LogP contribution in [0.3, 0.4) is 0 Å². The van der Waals surface area contributed by atoms with Gasteiger partial charge in [0.1, 0.15) is 0 Å². The second kappa shape index (κ2) is 6.22. The molecule has 6 nitrogen and oxygen atoms in total. The van der Waals surface area contributed by atoms with E-state index in [4.69, 9.17) is 21.4 Å². The Bertz CT molecular complexity index is 878. The van der Waals surface area contributed by atoms with Gasteiger partial charge in [0.15, 0.2) is 5.60 Å². The number of aromatic carboxylic acids is 1. The van der Waals surface area contributed by atoms with Crippen molar-refractivity contribution in [1.29, 1.82) is 0 Å². The summed E-state index contributed by atoms with van der Waals surface area (Å²) in [4.78, 5) is 35.7. The number of halogens is 1. The minimum absolute atomic E-state index is 0.110. The van der Waals surface area contributed by atoms with Crippen LogP contribution in [0.2, 0.25) is 5.02 Å². The van der Waals surface area contributed by atoms with Gasteiger partial charge in [0, 0.05) is 17.1 Å². The van der Waals surface area contributed by atoms with E-state index in [1.165, 1.54) is 37.3 Å². The molecule has 1 aliphatic rings. The lowest BCUT2D eigenvalue weighted by atomic mass is 9.89. The lowest BCUT2D eigenvalue weighted by Crippen LogP contribution is -2.48. The van der Waals surface area contributed by atoms with Crippen LogP contribution in [-0.4, -0.2) is 28.6 Å². The molecule has 1 atom stereocenters. The summed E-state index contributed by atoms with van der Waals surface area (Å²) in [5, 5.41) is 12.0. The van der Waals surface area contributed by atoms with Crippen LogP contribution in [0.5, 0.6) is 0 Å². The van der Waals surface area contributed by atoms with Crippen molar-refractivity contribution in [3.05, 3.63) is 64.2 Å². The van der Waals surface area contributed by atoms with Gasteiger partial charge in [-0.25, -0.2) is 9.59 Å². The summed E-state index contributed by atoms with van der Waals surface area (Å²) in [6.45, 7) is 1.53. The summed E-state index contributed by atoms with van der Waals surface area (Å²) in [7, 11) is 0. The van der Waals surface area contributed by atoms with E-state index in [0.717, 1.165) is 0 Å². The van der Waals surface area contributed by atoms with E-state index >= 15 is 0 Å². The number of hydrogen-bond acceptors (Lipinski definition) is 4. The highest BCUT2D eigenvalue weighted by Crippen LogP contribution is 2.31. The molecule has 1 aliphatic heterocycles. The van der Waals surface area contributed by atoms with Crippen LogP contribution in [-0.2, 0) is 16.0 Å². The summed E-state index contributed by atoms with van der Waals surface area (Å²) < 4.78 is 5.35. The van der Waals surface area contributed by atoms with Gasteiger partial charge in [0.2, 0.25) is 0 Å². The van der Waals surface area contributed by atoms with Crippen molar-refractivity contribution in [2.45, 2.75) is 18.9 Å². The second-order valence-electron chi connectivity index (χ2n) is 5.94. The van der Waals surface area contributed by atoms with Crippen molar-refractivity contribution >= 4 is 35.1 Å². The number of carbonyl (C=O) groups is 3. The number of fused-ring (bicyclic) bond motifs is 1. The fraction of sp³-hybridized carbons (Fsp3) is 0.167. The Kier molecular flexibility index (Phi) is 4.22. The molecule has 0 aliphatic carbocycles. The summed E-state index contributed by atoms with van der Waals surface area (Å²) in [5.41, 5.74) is 0.181. The number of rotatable bonds is 3. The van der Waals surface area contributed by atoms with Crippen LogP contribution in [0.25, 0.3) is 0 Å². The molecular weight excluding hydrogens is 346 g/mol. The number of benzene rings is 2. The standard InChI is InChI=1S/C18H14ClNO5/c1-18(9-11-2-5-12(19)8-14(11)16(23)25-18)17(24)20-13-6-3-10(4-7-13)15(21)22/h2-8H,9H2,1H3,(H,20,24)(H,21,22)/t18-/m1/s1. The second-order valence-corrected chi connectivity index (χ2v) is 6.37.